The molecule has 10 heteroatoms. The molecule has 0 radical (unpaired) electrons. The predicted octanol–water partition coefficient (Wildman–Crippen LogP) is 3.45. The van der Waals surface area contributed by atoms with Crippen LogP contribution in [0.1, 0.15) is 30.9 Å². The third-order valence-electron chi connectivity index (χ3n) is 5.42. The SMILES string of the molecule is CCc1ccc(CC2SC(=O)N(CCCC(=O)Nc3ccc(-c4nn[nH]n4)cc3)C2=O)cc1. The number of imide groups is 1. The van der Waals surface area contributed by atoms with E-state index >= 15 is 0 Å². The van der Waals surface area contributed by atoms with Gasteiger partial charge in [0.05, 0.1) is 5.25 Å². The van der Waals surface area contributed by atoms with Crippen molar-refractivity contribution in [2.45, 2.75) is 37.9 Å². The molecule has 0 spiro atoms. The average molecular weight is 465 g/mol. The van der Waals surface area contributed by atoms with Crippen molar-refractivity contribution in [1.29, 1.82) is 0 Å². The summed E-state index contributed by atoms with van der Waals surface area (Å²) in [5, 5.41) is 15.9. The number of carbonyl (C=O) groups is 3. The van der Waals surface area contributed by atoms with Crippen molar-refractivity contribution in [2.24, 2.45) is 0 Å². The molecule has 1 aliphatic rings. The lowest BCUT2D eigenvalue weighted by Crippen LogP contribution is -2.33. The first kappa shape index (κ1) is 22.7. The molecule has 0 saturated carbocycles. The van der Waals surface area contributed by atoms with Gasteiger partial charge in [0.1, 0.15) is 0 Å². The highest BCUT2D eigenvalue weighted by molar-refractivity contribution is 8.15. The van der Waals surface area contributed by atoms with Crippen molar-refractivity contribution in [3.05, 3.63) is 59.7 Å². The van der Waals surface area contributed by atoms with Gasteiger partial charge in [0.15, 0.2) is 0 Å². The van der Waals surface area contributed by atoms with E-state index in [0.29, 0.717) is 24.4 Å². The van der Waals surface area contributed by atoms with Crippen LogP contribution in [0.25, 0.3) is 11.4 Å². The Morgan fingerprint density at radius 3 is 2.48 bits per heavy atom. The van der Waals surface area contributed by atoms with Gasteiger partial charge >= 0.3 is 0 Å². The Hall–Kier alpha value is -3.53. The maximum Gasteiger partial charge on any atom is 0.289 e. The summed E-state index contributed by atoms with van der Waals surface area (Å²) in [5.41, 5.74) is 3.70. The number of carbonyl (C=O) groups excluding carboxylic acids is 3. The molecule has 0 aliphatic carbocycles. The molecule has 1 unspecified atom stereocenters. The summed E-state index contributed by atoms with van der Waals surface area (Å²) in [6.45, 7) is 2.33. The molecule has 9 nitrogen and oxygen atoms in total. The first-order valence-electron chi connectivity index (χ1n) is 10.8. The van der Waals surface area contributed by atoms with Crippen LogP contribution in [0.15, 0.2) is 48.5 Å². The largest absolute Gasteiger partial charge is 0.326 e. The van der Waals surface area contributed by atoms with E-state index in [9.17, 15) is 14.4 Å². The van der Waals surface area contributed by atoms with Crippen LogP contribution in [-0.4, -0.2) is 54.4 Å². The lowest BCUT2D eigenvalue weighted by Gasteiger charge is -2.14. The number of rotatable bonds is 9. The fraction of sp³-hybridized carbons (Fsp3) is 0.304. The summed E-state index contributed by atoms with van der Waals surface area (Å²) in [7, 11) is 0. The van der Waals surface area contributed by atoms with Crippen LogP contribution in [0, 0.1) is 0 Å². The fourth-order valence-corrected chi connectivity index (χ4v) is 4.62. The van der Waals surface area contributed by atoms with Gasteiger partial charge in [0.2, 0.25) is 17.6 Å². The highest BCUT2D eigenvalue weighted by atomic mass is 32.2. The lowest BCUT2D eigenvalue weighted by atomic mass is 10.1. The number of anilines is 1. The standard InChI is InChI=1S/C23H24N6O3S/c1-2-15-5-7-16(8-6-15)14-19-22(31)29(23(32)33-19)13-3-4-20(30)24-18-11-9-17(10-12-18)21-25-27-28-26-21/h5-12,19H,2-4,13-14H2,1H3,(H,24,30)(H,25,26,27,28). The fourth-order valence-electron chi connectivity index (χ4n) is 3.56. The molecule has 1 saturated heterocycles. The Kier molecular flexibility index (Phi) is 7.13. The summed E-state index contributed by atoms with van der Waals surface area (Å²) in [4.78, 5) is 38.6. The molecule has 170 valence electrons. The smallest absolute Gasteiger partial charge is 0.289 e. The number of thioether (sulfide) groups is 1. The van der Waals surface area contributed by atoms with Crippen molar-refractivity contribution in [3.8, 4) is 11.4 Å². The normalized spacial score (nSPS) is 15.8. The molecule has 2 N–H and O–H groups in total. The minimum atomic E-state index is -0.406. The Balaban J connectivity index is 1.23. The van der Waals surface area contributed by atoms with E-state index in [1.165, 1.54) is 10.5 Å². The number of nitrogens with zero attached hydrogens (tertiary/aromatic N) is 4. The van der Waals surface area contributed by atoms with Crippen molar-refractivity contribution in [2.75, 3.05) is 11.9 Å². The van der Waals surface area contributed by atoms with Gasteiger partial charge in [-0.25, -0.2) is 0 Å². The number of hydrogen-bond donors (Lipinski definition) is 2. The molecule has 2 aromatic carbocycles. The zero-order chi connectivity index (χ0) is 23.2. The average Bonchev–Trinajstić information content (AvgIpc) is 3.45. The highest BCUT2D eigenvalue weighted by Crippen LogP contribution is 2.30. The minimum absolute atomic E-state index is 0.179. The molecule has 33 heavy (non-hydrogen) atoms. The summed E-state index contributed by atoms with van der Waals surface area (Å²) in [6.07, 6.45) is 2.10. The van der Waals surface area contributed by atoms with E-state index in [1.807, 2.05) is 12.1 Å². The molecule has 1 atom stereocenters. The van der Waals surface area contributed by atoms with E-state index in [2.05, 4.69) is 45.0 Å². The highest BCUT2D eigenvalue weighted by Gasteiger charge is 2.39. The minimum Gasteiger partial charge on any atom is -0.326 e. The lowest BCUT2D eigenvalue weighted by molar-refractivity contribution is -0.127. The van der Waals surface area contributed by atoms with Crippen LogP contribution in [0.3, 0.4) is 0 Å². The molecule has 4 rings (SSSR count). The second kappa shape index (κ2) is 10.4. The van der Waals surface area contributed by atoms with E-state index < -0.39 is 5.25 Å². The quantitative estimate of drug-likeness (QED) is 0.497. The van der Waals surface area contributed by atoms with Gasteiger partial charge in [0, 0.05) is 24.2 Å². The Bertz CT molecular complexity index is 1120. The van der Waals surface area contributed by atoms with Gasteiger partial charge in [-0.3, -0.25) is 19.3 Å². The summed E-state index contributed by atoms with van der Waals surface area (Å²) < 4.78 is 0. The monoisotopic (exact) mass is 464 g/mol. The molecule has 3 aromatic rings. The van der Waals surface area contributed by atoms with Crippen LogP contribution in [0.5, 0.6) is 0 Å². The maximum absolute atomic E-state index is 12.7. The van der Waals surface area contributed by atoms with Gasteiger partial charge < -0.3 is 5.32 Å². The molecule has 1 aliphatic heterocycles. The first-order chi connectivity index (χ1) is 16.0. The number of aryl methyl sites for hydroxylation is 1. The number of hydrogen-bond acceptors (Lipinski definition) is 7. The molecule has 3 amide bonds. The number of nitrogens with one attached hydrogen (secondary N) is 2. The van der Waals surface area contributed by atoms with Crippen molar-refractivity contribution < 1.29 is 14.4 Å². The zero-order valence-electron chi connectivity index (χ0n) is 18.2. The third-order valence-corrected chi connectivity index (χ3v) is 6.49. The second-order valence-corrected chi connectivity index (χ2v) is 8.85. The van der Waals surface area contributed by atoms with Crippen molar-refractivity contribution >= 4 is 34.5 Å². The summed E-state index contributed by atoms with van der Waals surface area (Å²) in [5.74, 6) is 0.116. The van der Waals surface area contributed by atoms with Crippen molar-refractivity contribution in [1.82, 2.24) is 25.5 Å². The maximum atomic E-state index is 12.7. The number of benzene rings is 2. The number of tetrazole rings is 1. The van der Waals surface area contributed by atoms with E-state index in [-0.39, 0.29) is 30.0 Å². The van der Waals surface area contributed by atoms with Gasteiger partial charge in [-0.2, -0.15) is 5.21 Å². The van der Waals surface area contributed by atoms with Gasteiger partial charge in [-0.1, -0.05) is 43.0 Å². The van der Waals surface area contributed by atoms with Crippen molar-refractivity contribution in [3.63, 3.8) is 0 Å². The molecule has 0 bridgehead atoms. The summed E-state index contributed by atoms with van der Waals surface area (Å²) in [6, 6.07) is 15.2. The van der Waals surface area contributed by atoms with E-state index in [4.69, 9.17) is 0 Å². The number of amides is 3. The number of H-pyrrole nitrogens is 1. The van der Waals surface area contributed by atoms with Gasteiger partial charge in [0.25, 0.3) is 5.24 Å². The Morgan fingerprint density at radius 1 is 1.09 bits per heavy atom. The Labute approximate surface area is 195 Å². The van der Waals surface area contributed by atoms with E-state index in [1.54, 1.807) is 24.3 Å². The van der Waals surface area contributed by atoms with Gasteiger partial charge in [-0.05, 0) is 59.9 Å². The number of aromatic nitrogens is 4. The predicted molar refractivity (Wildman–Crippen MR) is 125 cm³/mol. The zero-order valence-corrected chi connectivity index (χ0v) is 19.0. The molecular weight excluding hydrogens is 440 g/mol. The van der Waals surface area contributed by atoms with Crippen LogP contribution in [0.2, 0.25) is 0 Å². The molecule has 2 heterocycles. The molecule has 1 aromatic heterocycles. The van der Waals surface area contributed by atoms with E-state index in [0.717, 1.165) is 29.3 Å². The second-order valence-electron chi connectivity index (χ2n) is 7.70. The molecular formula is C23H24N6O3S. The van der Waals surface area contributed by atoms with Crippen LogP contribution >= 0.6 is 11.8 Å². The first-order valence-corrected chi connectivity index (χ1v) is 11.6. The molecule has 1 fully saturated rings. The van der Waals surface area contributed by atoms with Crippen LogP contribution in [-0.2, 0) is 22.4 Å². The van der Waals surface area contributed by atoms with Crippen LogP contribution in [0.4, 0.5) is 10.5 Å². The van der Waals surface area contributed by atoms with Crippen LogP contribution < -0.4 is 5.32 Å². The topological polar surface area (TPSA) is 121 Å². The number of aromatic amines is 1. The summed E-state index contributed by atoms with van der Waals surface area (Å²) >= 11 is 1.07. The third kappa shape index (κ3) is 5.64. The Morgan fingerprint density at radius 2 is 1.82 bits per heavy atom. The van der Waals surface area contributed by atoms with Gasteiger partial charge in [-0.15, -0.1) is 10.2 Å².